The SMILES string of the molecule is N#Cc1cccc(C(=O)Nc2ccc(Nc3cc(N4CCCC4)cnn3)cc2)c1. The molecule has 1 aliphatic heterocycles. The summed E-state index contributed by atoms with van der Waals surface area (Å²) in [5, 5.41) is 23.3. The van der Waals surface area contributed by atoms with Crippen LogP contribution < -0.4 is 15.5 Å². The molecule has 1 aromatic heterocycles. The maximum absolute atomic E-state index is 12.4. The highest BCUT2D eigenvalue weighted by atomic mass is 16.1. The highest BCUT2D eigenvalue weighted by Crippen LogP contribution is 2.23. The van der Waals surface area contributed by atoms with Gasteiger partial charge in [0.05, 0.1) is 23.5 Å². The van der Waals surface area contributed by atoms with Crippen molar-refractivity contribution in [2.24, 2.45) is 0 Å². The van der Waals surface area contributed by atoms with Crippen LogP contribution in [0.3, 0.4) is 0 Å². The number of hydrogen-bond acceptors (Lipinski definition) is 6. The molecule has 1 fully saturated rings. The van der Waals surface area contributed by atoms with Gasteiger partial charge in [-0.1, -0.05) is 6.07 Å². The first-order valence-corrected chi connectivity index (χ1v) is 9.47. The van der Waals surface area contributed by atoms with Crippen LogP contribution in [0.1, 0.15) is 28.8 Å². The van der Waals surface area contributed by atoms with Gasteiger partial charge in [-0.15, -0.1) is 5.10 Å². The summed E-state index contributed by atoms with van der Waals surface area (Å²) in [6.07, 6.45) is 4.20. The molecule has 0 saturated carbocycles. The van der Waals surface area contributed by atoms with Crippen LogP contribution in [0.15, 0.2) is 60.8 Å². The molecule has 1 aliphatic rings. The van der Waals surface area contributed by atoms with Crippen LogP contribution in [0, 0.1) is 11.3 Å². The van der Waals surface area contributed by atoms with Gasteiger partial charge in [-0.25, -0.2) is 0 Å². The highest BCUT2D eigenvalue weighted by Gasteiger charge is 2.13. The summed E-state index contributed by atoms with van der Waals surface area (Å²) >= 11 is 0. The van der Waals surface area contributed by atoms with Crippen LogP contribution in [0.5, 0.6) is 0 Å². The van der Waals surface area contributed by atoms with Crippen molar-refractivity contribution in [1.29, 1.82) is 5.26 Å². The number of carbonyl (C=O) groups is 1. The summed E-state index contributed by atoms with van der Waals surface area (Å²) < 4.78 is 0. The molecule has 0 atom stereocenters. The van der Waals surface area contributed by atoms with E-state index in [1.165, 1.54) is 12.8 Å². The molecule has 7 nitrogen and oxygen atoms in total. The van der Waals surface area contributed by atoms with Gasteiger partial charge in [0.1, 0.15) is 0 Å². The quantitative estimate of drug-likeness (QED) is 0.692. The number of nitrogens with one attached hydrogen (secondary N) is 2. The molecular weight excluding hydrogens is 364 g/mol. The molecule has 0 unspecified atom stereocenters. The first-order chi connectivity index (χ1) is 14.2. The van der Waals surface area contributed by atoms with E-state index in [0.29, 0.717) is 22.6 Å². The van der Waals surface area contributed by atoms with Gasteiger partial charge in [0.25, 0.3) is 5.91 Å². The Hall–Kier alpha value is -3.92. The Morgan fingerprint density at radius 2 is 1.79 bits per heavy atom. The molecule has 3 aromatic rings. The number of benzene rings is 2. The van der Waals surface area contributed by atoms with E-state index in [0.717, 1.165) is 24.5 Å². The Bertz CT molecular complexity index is 1050. The van der Waals surface area contributed by atoms with Crippen LogP contribution in [0.2, 0.25) is 0 Å². The molecule has 2 N–H and O–H groups in total. The number of nitrogens with zero attached hydrogens (tertiary/aromatic N) is 4. The lowest BCUT2D eigenvalue weighted by atomic mass is 10.1. The van der Waals surface area contributed by atoms with Crippen molar-refractivity contribution >= 4 is 28.8 Å². The fourth-order valence-corrected chi connectivity index (χ4v) is 3.28. The van der Waals surface area contributed by atoms with Crippen molar-refractivity contribution in [3.8, 4) is 6.07 Å². The van der Waals surface area contributed by atoms with E-state index < -0.39 is 0 Å². The van der Waals surface area contributed by atoms with Gasteiger partial charge < -0.3 is 15.5 Å². The van der Waals surface area contributed by atoms with Gasteiger partial charge >= 0.3 is 0 Å². The van der Waals surface area contributed by atoms with Crippen molar-refractivity contribution in [3.63, 3.8) is 0 Å². The largest absolute Gasteiger partial charge is 0.370 e. The second-order valence-electron chi connectivity index (χ2n) is 6.84. The van der Waals surface area contributed by atoms with E-state index in [1.54, 1.807) is 30.5 Å². The van der Waals surface area contributed by atoms with Crippen molar-refractivity contribution in [2.75, 3.05) is 28.6 Å². The molecule has 4 rings (SSSR count). The lowest BCUT2D eigenvalue weighted by Gasteiger charge is -2.17. The van der Waals surface area contributed by atoms with Crippen molar-refractivity contribution in [2.45, 2.75) is 12.8 Å². The summed E-state index contributed by atoms with van der Waals surface area (Å²) in [5.74, 6) is 0.423. The lowest BCUT2D eigenvalue weighted by molar-refractivity contribution is 0.102. The molecule has 29 heavy (non-hydrogen) atoms. The number of rotatable bonds is 5. The fraction of sp³-hybridized carbons (Fsp3) is 0.182. The van der Waals surface area contributed by atoms with Crippen LogP contribution in [-0.4, -0.2) is 29.2 Å². The van der Waals surface area contributed by atoms with E-state index >= 15 is 0 Å². The van der Waals surface area contributed by atoms with Crippen molar-refractivity contribution < 1.29 is 4.79 Å². The summed E-state index contributed by atoms with van der Waals surface area (Å²) in [4.78, 5) is 14.7. The predicted octanol–water partition coefficient (Wildman–Crippen LogP) is 3.94. The van der Waals surface area contributed by atoms with E-state index in [2.05, 4.69) is 25.7 Å². The monoisotopic (exact) mass is 384 g/mol. The molecule has 144 valence electrons. The summed E-state index contributed by atoms with van der Waals surface area (Å²) in [7, 11) is 0. The predicted molar refractivity (Wildman–Crippen MR) is 112 cm³/mol. The minimum absolute atomic E-state index is 0.257. The van der Waals surface area contributed by atoms with Crippen molar-refractivity contribution in [3.05, 3.63) is 71.9 Å². The number of anilines is 4. The molecule has 0 bridgehead atoms. The standard InChI is InChI=1S/C22H20N6O/c23-14-16-4-3-5-17(12-16)22(29)26-19-8-6-18(7-9-19)25-21-13-20(15-24-27-21)28-10-1-2-11-28/h3-9,12-13,15H,1-2,10-11H2,(H,25,27)(H,26,29). The molecule has 7 heteroatoms. The van der Waals surface area contributed by atoms with Gasteiger partial charge in [-0.05, 0) is 55.3 Å². The number of carbonyl (C=O) groups excluding carboxylic acids is 1. The van der Waals surface area contributed by atoms with Crippen LogP contribution in [0.4, 0.5) is 22.9 Å². The molecule has 0 radical (unpaired) electrons. The van der Waals surface area contributed by atoms with E-state index in [9.17, 15) is 4.79 Å². The maximum atomic E-state index is 12.4. The average molecular weight is 384 g/mol. The van der Waals surface area contributed by atoms with Gasteiger partial charge in [0, 0.05) is 36.1 Å². The Morgan fingerprint density at radius 1 is 1.03 bits per heavy atom. The third kappa shape index (κ3) is 4.50. The van der Waals surface area contributed by atoms with E-state index in [-0.39, 0.29) is 5.91 Å². The second kappa shape index (κ2) is 8.40. The van der Waals surface area contributed by atoms with E-state index in [1.807, 2.05) is 36.4 Å². The van der Waals surface area contributed by atoms with Gasteiger partial charge in [0.15, 0.2) is 5.82 Å². The Kier molecular flexibility index (Phi) is 5.34. The van der Waals surface area contributed by atoms with Crippen LogP contribution in [0.25, 0.3) is 0 Å². The molecule has 0 aliphatic carbocycles. The topological polar surface area (TPSA) is 93.9 Å². The van der Waals surface area contributed by atoms with Gasteiger partial charge in [0.2, 0.25) is 0 Å². The third-order valence-electron chi connectivity index (χ3n) is 4.78. The zero-order chi connectivity index (χ0) is 20.1. The minimum Gasteiger partial charge on any atom is -0.370 e. The van der Waals surface area contributed by atoms with E-state index in [4.69, 9.17) is 5.26 Å². The molecule has 0 spiro atoms. The van der Waals surface area contributed by atoms with Crippen LogP contribution in [-0.2, 0) is 0 Å². The first-order valence-electron chi connectivity index (χ1n) is 9.47. The van der Waals surface area contributed by atoms with Crippen LogP contribution >= 0.6 is 0 Å². The van der Waals surface area contributed by atoms with Gasteiger partial charge in [-0.2, -0.15) is 10.4 Å². The number of hydrogen-bond donors (Lipinski definition) is 2. The highest BCUT2D eigenvalue weighted by molar-refractivity contribution is 6.04. The number of amides is 1. The maximum Gasteiger partial charge on any atom is 0.255 e. The Morgan fingerprint density at radius 3 is 2.55 bits per heavy atom. The smallest absolute Gasteiger partial charge is 0.255 e. The minimum atomic E-state index is -0.257. The molecular formula is C22H20N6O. The summed E-state index contributed by atoms with van der Waals surface area (Å²) in [6.45, 7) is 2.10. The Balaban J connectivity index is 1.41. The van der Waals surface area contributed by atoms with Crippen molar-refractivity contribution in [1.82, 2.24) is 10.2 Å². The molecule has 1 saturated heterocycles. The zero-order valence-electron chi connectivity index (χ0n) is 15.8. The summed E-state index contributed by atoms with van der Waals surface area (Å²) in [6, 6.07) is 18.0. The zero-order valence-corrected chi connectivity index (χ0v) is 15.8. The normalized spacial score (nSPS) is 13.0. The fourth-order valence-electron chi connectivity index (χ4n) is 3.28. The number of nitriles is 1. The Labute approximate surface area is 169 Å². The lowest BCUT2D eigenvalue weighted by Crippen LogP contribution is -2.18. The average Bonchev–Trinajstić information content (AvgIpc) is 3.30. The number of aromatic nitrogens is 2. The first kappa shape index (κ1) is 18.4. The summed E-state index contributed by atoms with van der Waals surface area (Å²) in [5.41, 5.74) is 3.49. The molecule has 2 aromatic carbocycles. The van der Waals surface area contributed by atoms with Gasteiger partial charge in [-0.3, -0.25) is 4.79 Å². The molecule has 2 heterocycles. The third-order valence-corrected chi connectivity index (χ3v) is 4.78. The molecule has 1 amide bonds. The second-order valence-corrected chi connectivity index (χ2v) is 6.84.